The molecule has 2 aromatic carbocycles. The zero-order valence-corrected chi connectivity index (χ0v) is 13.0. The molecule has 0 nitrogen and oxygen atoms in total. The van der Waals surface area contributed by atoms with Crippen LogP contribution in [-0.2, 0) is 6.42 Å². The van der Waals surface area contributed by atoms with Gasteiger partial charge in [-0.3, -0.25) is 0 Å². The number of aryl methyl sites for hydroxylation is 1. The van der Waals surface area contributed by atoms with Crippen molar-refractivity contribution in [3.63, 3.8) is 0 Å². The van der Waals surface area contributed by atoms with E-state index in [0.29, 0.717) is 5.92 Å². The van der Waals surface area contributed by atoms with Crippen molar-refractivity contribution >= 4 is 17.2 Å². The van der Waals surface area contributed by atoms with Crippen molar-refractivity contribution in [3.05, 3.63) is 88.5 Å². The normalized spacial score (nSPS) is 17.6. The summed E-state index contributed by atoms with van der Waals surface area (Å²) in [4.78, 5) is 0. The number of hydrogen-bond donors (Lipinski definition) is 0. The maximum absolute atomic E-state index is 6.47. The Bertz CT molecular complexity index is 680. The van der Waals surface area contributed by atoms with E-state index in [-0.39, 0.29) is 0 Å². The maximum atomic E-state index is 6.47. The summed E-state index contributed by atoms with van der Waals surface area (Å²) >= 11 is 6.47. The summed E-state index contributed by atoms with van der Waals surface area (Å²) in [5, 5.41) is 0.856. The summed E-state index contributed by atoms with van der Waals surface area (Å²) < 4.78 is 0. The van der Waals surface area contributed by atoms with Gasteiger partial charge in [-0.25, -0.2) is 0 Å². The summed E-state index contributed by atoms with van der Waals surface area (Å²) in [5.74, 6) is 0.498. The molecule has 0 N–H and O–H groups in total. The number of benzene rings is 2. The summed E-state index contributed by atoms with van der Waals surface area (Å²) in [5.41, 5.74) is 5.11. The minimum Gasteiger partial charge on any atom is -0.0839 e. The quantitative estimate of drug-likeness (QED) is 0.666. The van der Waals surface area contributed by atoms with E-state index in [0.717, 1.165) is 17.9 Å². The molecular weight excluding hydrogens is 276 g/mol. The molecule has 0 aromatic heterocycles. The minimum absolute atomic E-state index is 0.498. The number of hydrogen-bond acceptors (Lipinski definition) is 0. The highest BCUT2D eigenvalue weighted by Gasteiger charge is 2.19. The van der Waals surface area contributed by atoms with Crippen molar-refractivity contribution in [2.75, 3.05) is 0 Å². The second kappa shape index (κ2) is 6.32. The molecule has 0 radical (unpaired) electrons. The van der Waals surface area contributed by atoms with Gasteiger partial charge in [0.15, 0.2) is 0 Å². The first-order valence-corrected chi connectivity index (χ1v) is 7.79. The maximum Gasteiger partial charge on any atom is 0.0483 e. The second-order valence-corrected chi connectivity index (χ2v) is 6.06. The first kappa shape index (κ1) is 14.2. The Balaban J connectivity index is 1.91. The smallest absolute Gasteiger partial charge is 0.0483 e. The third-order valence-corrected chi connectivity index (χ3v) is 4.35. The molecule has 3 rings (SSSR count). The van der Waals surface area contributed by atoms with Gasteiger partial charge in [0.05, 0.1) is 0 Å². The first-order chi connectivity index (χ1) is 10.2. The van der Waals surface area contributed by atoms with Crippen molar-refractivity contribution in [2.24, 2.45) is 5.92 Å². The average molecular weight is 295 g/mol. The van der Waals surface area contributed by atoms with Crippen LogP contribution in [0, 0.1) is 12.8 Å². The van der Waals surface area contributed by atoms with Gasteiger partial charge in [-0.1, -0.05) is 72.3 Å². The Morgan fingerprint density at radius 3 is 2.67 bits per heavy atom. The van der Waals surface area contributed by atoms with Crippen molar-refractivity contribution in [1.82, 2.24) is 0 Å². The van der Waals surface area contributed by atoms with Crippen LogP contribution in [-0.4, -0.2) is 0 Å². The van der Waals surface area contributed by atoms with Crippen LogP contribution >= 0.6 is 11.6 Å². The molecule has 0 bridgehead atoms. The van der Waals surface area contributed by atoms with E-state index in [1.54, 1.807) is 0 Å². The number of allylic oxidation sites excluding steroid dienone is 4. The minimum atomic E-state index is 0.498. The largest absolute Gasteiger partial charge is 0.0839 e. The fourth-order valence-electron chi connectivity index (χ4n) is 2.93. The highest BCUT2D eigenvalue weighted by molar-refractivity contribution is 6.32. The fraction of sp³-hybridized carbons (Fsp3) is 0.200. The Kier molecular flexibility index (Phi) is 4.26. The summed E-state index contributed by atoms with van der Waals surface area (Å²) in [6.45, 7) is 2.08. The SMILES string of the molecule is Cc1ccc(C2=CC=CCC2Cc2ccccc2)c(Cl)c1. The molecule has 21 heavy (non-hydrogen) atoms. The van der Waals surface area contributed by atoms with Crippen molar-refractivity contribution in [3.8, 4) is 0 Å². The Morgan fingerprint density at radius 1 is 1.10 bits per heavy atom. The van der Waals surface area contributed by atoms with Gasteiger partial charge in [-0.15, -0.1) is 0 Å². The van der Waals surface area contributed by atoms with Crippen molar-refractivity contribution < 1.29 is 0 Å². The van der Waals surface area contributed by atoms with Crippen LogP contribution in [0.3, 0.4) is 0 Å². The van der Waals surface area contributed by atoms with Gasteiger partial charge in [0.2, 0.25) is 0 Å². The summed E-state index contributed by atoms with van der Waals surface area (Å²) in [6.07, 6.45) is 8.74. The van der Waals surface area contributed by atoms with Gasteiger partial charge in [0, 0.05) is 5.02 Å². The standard InChI is InChI=1S/C20H19Cl/c1-15-11-12-19(20(21)13-15)18-10-6-5-9-17(18)14-16-7-3-2-4-8-16/h2-8,10-13,17H,9,14H2,1H3. The van der Waals surface area contributed by atoms with Crippen molar-refractivity contribution in [2.45, 2.75) is 19.8 Å². The first-order valence-electron chi connectivity index (χ1n) is 7.41. The van der Waals surface area contributed by atoms with Gasteiger partial charge in [-0.2, -0.15) is 0 Å². The van der Waals surface area contributed by atoms with Gasteiger partial charge in [0.1, 0.15) is 0 Å². The van der Waals surface area contributed by atoms with Crippen LogP contribution in [0.4, 0.5) is 0 Å². The predicted molar refractivity (Wildman–Crippen MR) is 91.6 cm³/mol. The molecule has 0 aliphatic heterocycles. The molecule has 1 unspecified atom stereocenters. The third-order valence-electron chi connectivity index (χ3n) is 4.03. The van der Waals surface area contributed by atoms with Crippen LogP contribution in [0.15, 0.2) is 66.8 Å². The van der Waals surface area contributed by atoms with Gasteiger partial charge < -0.3 is 0 Å². The summed E-state index contributed by atoms with van der Waals surface area (Å²) in [7, 11) is 0. The van der Waals surface area contributed by atoms with Gasteiger partial charge >= 0.3 is 0 Å². The fourth-order valence-corrected chi connectivity index (χ4v) is 3.28. The van der Waals surface area contributed by atoms with E-state index in [1.165, 1.54) is 22.3 Å². The van der Waals surface area contributed by atoms with E-state index >= 15 is 0 Å². The lowest BCUT2D eigenvalue weighted by Gasteiger charge is -2.23. The van der Waals surface area contributed by atoms with E-state index < -0.39 is 0 Å². The van der Waals surface area contributed by atoms with E-state index in [9.17, 15) is 0 Å². The van der Waals surface area contributed by atoms with Crippen LogP contribution in [0.25, 0.3) is 5.57 Å². The number of halogens is 1. The highest BCUT2D eigenvalue weighted by Crippen LogP contribution is 2.36. The lowest BCUT2D eigenvalue weighted by atomic mass is 9.82. The zero-order valence-electron chi connectivity index (χ0n) is 12.2. The molecule has 1 aliphatic carbocycles. The monoisotopic (exact) mass is 294 g/mol. The Labute approximate surface area is 131 Å². The lowest BCUT2D eigenvalue weighted by Crippen LogP contribution is -2.09. The molecule has 0 saturated carbocycles. The zero-order chi connectivity index (χ0) is 14.7. The molecule has 0 heterocycles. The van der Waals surface area contributed by atoms with E-state index in [1.807, 2.05) is 0 Å². The summed E-state index contributed by atoms with van der Waals surface area (Å²) in [6, 6.07) is 17.0. The molecule has 1 heteroatoms. The topological polar surface area (TPSA) is 0 Å². The van der Waals surface area contributed by atoms with Crippen LogP contribution in [0.1, 0.15) is 23.1 Å². The molecule has 2 aromatic rings. The molecular formula is C20H19Cl. The molecule has 0 saturated heterocycles. The van der Waals surface area contributed by atoms with Crippen molar-refractivity contribution in [1.29, 1.82) is 0 Å². The van der Waals surface area contributed by atoms with Crippen LogP contribution in [0.2, 0.25) is 5.02 Å². The third kappa shape index (κ3) is 3.28. The molecule has 0 amide bonds. The Morgan fingerprint density at radius 2 is 1.90 bits per heavy atom. The molecule has 0 spiro atoms. The average Bonchev–Trinajstić information content (AvgIpc) is 2.49. The molecule has 0 fully saturated rings. The molecule has 106 valence electrons. The lowest BCUT2D eigenvalue weighted by molar-refractivity contribution is 0.673. The van der Waals surface area contributed by atoms with Gasteiger partial charge in [-0.05, 0) is 54.0 Å². The van der Waals surface area contributed by atoms with E-state index in [4.69, 9.17) is 11.6 Å². The van der Waals surface area contributed by atoms with Crippen LogP contribution < -0.4 is 0 Å². The van der Waals surface area contributed by atoms with Crippen LogP contribution in [0.5, 0.6) is 0 Å². The van der Waals surface area contributed by atoms with Gasteiger partial charge in [0.25, 0.3) is 0 Å². The highest BCUT2D eigenvalue weighted by atomic mass is 35.5. The Hall–Kier alpha value is -1.79. The molecule has 1 atom stereocenters. The number of rotatable bonds is 3. The second-order valence-electron chi connectivity index (χ2n) is 5.66. The molecule has 1 aliphatic rings. The predicted octanol–water partition coefficient (Wildman–Crippen LogP) is 5.85. The van der Waals surface area contributed by atoms with E-state index in [2.05, 4.69) is 73.7 Å².